The van der Waals surface area contributed by atoms with Crippen LogP contribution in [-0.2, 0) is 0 Å². The topological polar surface area (TPSA) is 17.1 Å². The summed E-state index contributed by atoms with van der Waals surface area (Å²) < 4.78 is 14.7. The molecule has 0 aromatic heterocycles. The summed E-state index contributed by atoms with van der Waals surface area (Å²) >= 11 is 3.40. The fourth-order valence-electron chi connectivity index (χ4n) is 2.48. The van der Waals surface area contributed by atoms with Gasteiger partial charge in [-0.1, -0.05) is 40.2 Å². The normalized spacial score (nSPS) is 10.8. The van der Waals surface area contributed by atoms with Crippen molar-refractivity contribution in [3.05, 3.63) is 81.6 Å². The van der Waals surface area contributed by atoms with E-state index in [1.165, 1.54) is 6.07 Å². The molecule has 3 aromatic carbocycles. The van der Waals surface area contributed by atoms with Crippen molar-refractivity contribution < 1.29 is 9.18 Å². The van der Waals surface area contributed by atoms with Crippen LogP contribution in [0, 0.1) is 12.7 Å². The number of hydrogen-bond acceptors (Lipinski definition) is 1. The average molecular weight is 343 g/mol. The van der Waals surface area contributed by atoms with E-state index in [0.717, 1.165) is 10.0 Å². The molecule has 3 rings (SSSR count). The predicted molar refractivity (Wildman–Crippen MR) is 86.2 cm³/mol. The van der Waals surface area contributed by atoms with E-state index in [1.54, 1.807) is 30.3 Å². The van der Waals surface area contributed by atoms with Crippen LogP contribution in [0.15, 0.2) is 59.1 Å². The molecule has 0 N–H and O–H groups in total. The molecule has 0 bridgehead atoms. The second-order valence-electron chi connectivity index (χ2n) is 4.99. The Kier molecular flexibility index (Phi) is 3.60. The van der Waals surface area contributed by atoms with E-state index < -0.39 is 0 Å². The number of benzene rings is 3. The maximum Gasteiger partial charge on any atom is 0.193 e. The zero-order valence-corrected chi connectivity index (χ0v) is 12.9. The van der Waals surface area contributed by atoms with Crippen molar-refractivity contribution in [2.24, 2.45) is 0 Å². The number of carbonyl (C=O) groups is 1. The lowest BCUT2D eigenvalue weighted by Crippen LogP contribution is -2.03. The number of rotatable bonds is 2. The highest BCUT2D eigenvalue weighted by Crippen LogP contribution is 2.25. The summed E-state index contributed by atoms with van der Waals surface area (Å²) in [5, 5.41) is 1.11. The molecule has 3 heteroatoms. The van der Waals surface area contributed by atoms with E-state index in [4.69, 9.17) is 0 Å². The molecule has 0 aliphatic rings. The SMILES string of the molecule is Cc1cc(Br)cc(C(=O)c2ccc(F)c3ccccc23)c1. The number of carbonyl (C=O) groups excluding carboxylic acids is 1. The van der Waals surface area contributed by atoms with E-state index in [0.29, 0.717) is 21.9 Å². The molecule has 3 aromatic rings. The van der Waals surface area contributed by atoms with Gasteiger partial charge in [-0.3, -0.25) is 4.79 Å². The van der Waals surface area contributed by atoms with Gasteiger partial charge in [0.1, 0.15) is 5.82 Å². The molecule has 0 heterocycles. The minimum atomic E-state index is -0.312. The van der Waals surface area contributed by atoms with Crippen LogP contribution in [-0.4, -0.2) is 5.78 Å². The van der Waals surface area contributed by atoms with E-state index in [9.17, 15) is 9.18 Å². The molecule has 0 aliphatic heterocycles. The van der Waals surface area contributed by atoms with Crippen LogP contribution in [0.1, 0.15) is 21.5 Å². The van der Waals surface area contributed by atoms with Crippen molar-refractivity contribution in [1.82, 2.24) is 0 Å². The molecular weight excluding hydrogens is 331 g/mol. The summed E-state index contributed by atoms with van der Waals surface area (Å²) in [6, 6.07) is 15.5. The zero-order valence-electron chi connectivity index (χ0n) is 11.4. The smallest absolute Gasteiger partial charge is 0.193 e. The highest BCUT2D eigenvalue weighted by molar-refractivity contribution is 9.10. The Labute approximate surface area is 130 Å². The maximum absolute atomic E-state index is 13.8. The van der Waals surface area contributed by atoms with Crippen molar-refractivity contribution in [2.45, 2.75) is 6.92 Å². The lowest BCUT2D eigenvalue weighted by Gasteiger charge is -2.08. The molecule has 0 radical (unpaired) electrons. The lowest BCUT2D eigenvalue weighted by molar-refractivity contribution is 0.104. The highest BCUT2D eigenvalue weighted by atomic mass is 79.9. The highest BCUT2D eigenvalue weighted by Gasteiger charge is 2.15. The third-order valence-electron chi connectivity index (χ3n) is 3.42. The summed E-state index contributed by atoms with van der Waals surface area (Å²) in [6.45, 7) is 1.93. The first-order chi connectivity index (χ1) is 10.1. The van der Waals surface area contributed by atoms with Crippen molar-refractivity contribution in [3.63, 3.8) is 0 Å². The van der Waals surface area contributed by atoms with Crippen molar-refractivity contribution in [2.75, 3.05) is 0 Å². The summed E-state index contributed by atoms with van der Waals surface area (Å²) in [4.78, 5) is 12.7. The third-order valence-corrected chi connectivity index (χ3v) is 3.88. The first-order valence-corrected chi connectivity index (χ1v) is 7.35. The predicted octanol–water partition coefficient (Wildman–Crippen LogP) is 5.28. The third kappa shape index (κ3) is 2.61. The van der Waals surface area contributed by atoms with Gasteiger partial charge in [0.2, 0.25) is 0 Å². The molecule has 1 nitrogen and oxygen atoms in total. The van der Waals surface area contributed by atoms with Crippen molar-refractivity contribution >= 4 is 32.5 Å². The van der Waals surface area contributed by atoms with E-state index in [2.05, 4.69) is 15.9 Å². The summed E-state index contributed by atoms with van der Waals surface area (Å²) in [5.41, 5.74) is 2.11. The van der Waals surface area contributed by atoms with Crippen LogP contribution < -0.4 is 0 Å². The van der Waals surface area contributed by atoms with Gasteiger partial charge in [-0.05, 0) is 48.2 Å². The Hall–Kier alpha value is -2.00. The van der Waals surface area contributed by atoms with Gasteiger partial charge in [0, 0.05) is 21.0 Å². The van der Waals surface area contributed by atoms with Crippen LogP contribution in [0.2, 0.25) is 0 Å². The molecule has 0 saturated heterocycles. The second kappa shape index (κ2) is 5.41. The average Bonchev–Trinajstić information content (AvgIpc) is 2.46. The van der Waals surface area contributed by atoms with Gasteiger partial charge in [0.15, 0.2) is 5.78 Å². The molecule has 21 heavy (non-hydrogen) atoms. The van der Waals surface area contributed by atoms with Gasteiger partial charge in [-0.2, -0.15) is 0 Å². The monoisotopic (exact) mass is 342 g/mol. The van der Waals surface area contributed by atoms with Crippen LogP contribution in [0.5, 0.6) is 0 Å². The minimum Gasteiger partial charge on any atom is -0.289 e. The molecule has 104 valence electrons. The maximum atomic E-state index is 13.8. The standard InChI is InChI=1S/C18H12BrFO/c1-11-8-12(10-13(19)9-11)18(21)16-6-7-17(20)15-5-3-2-4-14(15)16/h2-10H,1H3. The van der Waals surface area contributed by atoms with Crippen LogP contribution >= 0.6 is 15.9 Å². The van der Waals surface area contributed by atoms with Gasteiger partial charge < -0.3 is 0 Å². The first kappa shape index (κ1) is 14.0. The number of ketones is 1. The van der Waals surface area contributed by atoms with Crippen molar-refractivity contribution in [3.8, 4) is 0 Å². The Morgan fingerprint density at radius 1 is 1.00 bits per heavy atom. The molecule has 0 saturated carbocycles. The fourth-order valence-corrected chi connectivity index (χ4v) is 3.09. The van der Waals surface area contributed by atoms with E-state index >= 15 is 0 Å². The number of aryl methyl sites for hydroxylation is 1. The zero-order chi connectivity index (χ0) is 15.0. The molecule has 0 fully saturated rings. The molecule has 0 aliphatic carbocycles. The Bertz CT molecular complexity index is 835. The quantitative estimate of drug-likeness (QED) is 0.579. The van der Waals surface area contributed by atoms with Gasteiger partial charge in [-0.15, -0.1) is 0 Å². The molecule has 0 amide bonds. The van der Waals surface area contributed by atoms with Crippen molar-refractivity contribution in [1.29, 1.82) is 0 Å². The molecule has 0 atom stereocenters. The summed E-state index contributed by atoms with van der Waals surface area (Å²) in [6.07, 6.45) is 0. The minimum absolute atomic E-state index is 0.101. The number of halogens is 2. The second-order valence-corrected chi connectivity index (χ2v) is 5.90. The summed E-state index contributed by atoms with van der Waals surface area (Å²) in [5.74, 6) is -0.414. The van der Waals surface area contributed by atoms with Gasteiger partial charge in [0.05, 0.1) is 0 Å². The van der Waals surface area contributed by atoms with E-state index in [1.807, 2.05) is 25.1 Å². The van der Waals surface area contributed by atoms with Crippen LogP contribution in [0.25, 0.3) is 10.8 Å². The van der Waals surface area contributed by atoms with Crippen LogP contribution in [0.4, 0.5) is 4.39 Å². The Balaban J connectivity index is 2.20. The Morgan fingerprint density at radius 2 is 1.71 bits per heavy atom. The van der Waals surface area contributed by atoms with E-state index in [-0.39, 0.29) is 11.6 Å². The largest absolute Gasteiger partial charge is 0.289 e. The lowest BCUT2D eigenvalue weighted by atomic mass is 9.96. The van der Waals surface area contributed by atoms with Crippen LogP contribution in [0.3, 0.4) is 0 Å². The Morgan fingerprint density at radius 3 is 2.43 bits per heavy atom. The van der Waals surface area contributed by atoms with Gasteiger partial charge in [0.25, 0.3) is 0 Å². The number of hydrogen-bond donors (Lipinski definition) is 0. The first-order valence-electron chi connectivity index (χ1n) is 6.55. The summed E-state index contributed by atoms with van der Waals surface area (Å²) in [7, 11) is 0. The molecule has 0 spiro atoms. The van der Waals surface area contributed by atoms with Gasteiger partial charge >= 0.3 is 0 Å². The molecular formula is C18H12BrFO. The van der Waals surface area contributed by atoms with Gasteiger partial charge in [-0.25, -0.2) is 4.39 Å². The molecule has 0 unspecified atom stereocenters. The number of fused-ring (bicyclic) bond motifs is 1. The fraction of sp³-hybridized carbons (Fsp3) is 0.0556.